The lowest BCUT2D eigenvalue weighted by atomic mass is 10.3. The van der Waals surface area contributed by atoms with E-state index in [0.717, 1.165) is 0 Å². The lowest BCUT2D eigenvalue weighted by molar-refractivity contribution is -0.118. The van der Waals surface area contributed by atoms with E-state index in [1.54, 1.807) is 39.7 Å². The summed E-state index contributed by atoms with van der Waals surface area (Å²) >= 11 is 5.58. The minimum atomic E-state index is -0.659. The van der Waals surface area contributed by atoms with Gasteiger partial charge in [0.25, 0.3) is 29.5 Å². The Labute approximate surface area is 272 Å². The summed E-state index contributed by atoms with van der Waals surface area (Å²) < 4.78 is 5.83. The predicted molar refractivity (Wildman–Crippen MR) is 173 cm³/mol. The number of carbonyl (C=O) groups excluding carboxylic acids is 6. The van der Waals surface area contributed by atoms with Crippen LogP contribution in [-0.2, 0) is 37.8 Å². The third-order valence-corrected chi connectivity index (χ3v) is 6.92. The third-order valence-electron chi connectivity index (χ3n) is 6.74. The molecule has 0 bridgehead atoms. The number of nitrogens with zero attached hydrogens (tertiary/aromatic N) is 5. The van der Waals surface area contributed by atoms with Crippen LogP contribution in [0.1, 0.15) is 48.4 Å². The van der Waals surface area contributed by atoms with Crippen LogP contribution < -0.4 is 32.3 Å². The van der Waals surface area contributed by atoms with E-state index in [2.05, 4.69) is 38.3 Å². The number of aromatic nitrogens is 5. The van der Waals surface area contributed by atoms with Crippen molar-refractivity contribution >= 4 is 69.9 Å². The van der Waals surface area contributed by atoms with Crippen LogP contribution in [-0.4, -0.2) is 65.5 Å². The van der Waals surface area contributed by atoms with Crippen LogP contribution in [0.25, 0.3) is 0 Å². The summed E-state index contributed by atoms with van der Waals surface area (Å²) in [6.07, 6.45) is 4.65. The molecule has 4 rings (SSSR count). The van der Waals surface area contributed by atoms with Crippen molar-refractivity contribution in [1.82, 2.24) is 28.8 Å². The molecule has 0 saturated heterocycles. The zero-order valence-electron chi connectivity index (χ0n) is 25.8. The second kappa shape index (κ2) is 13.9. The highest BCUT2D eigenvalue weighted by atomic mass is 35.5. The van der Waals surface area contributed by atoms with Gasteiger partial charge in [-0.15, -0.1) is 0 Å². The van der Waals surface area contributed by atoms with Gasteiger partial charge in [0.1, 0.15) is 22.8 Å². The highest BCUT2D eigenvalue weighted by molar-refractivity contribution is 6.43. The largest absolute Gasteiger partial charge is 0.370 e. The summed E-state index contributed by atoms with van der Waals surface area (Å²) in [7, 11) is 6.40. The number of carbonyl (C=O) groups is 6. The Bertz CT molecular complexity index is 1930. The molecular weight excluding hydrogens is 634 g/mol. The second-order valence-electron chi connectivity index (χ2n) is 10.4. The molecule has 6 amide bonds. The number of halogens is 1. The molecule has 17 nitrogen and oxygen atoms in total. The summed E-state index contributed by atoms with van der Waals surface area (Å²) in [6.45, 7) is 3.42. The number of nitrogens with one attached hydrogen (secondary N) is 5. The van der Waals surface area contributed by atoms with E-state index >= 15 is 0 Å². The highest BCUT2D eigenvalue weighted by Gasteiger charge is 2.20. The predicted octanol–water partition coefficient (Wildman–Crippen LogP) is 1.49. The summed E-state index contributed by atoms with van der Waals surface area (Å²) in [5, 5.41) is 17.0. The molecule has 47 heavy (non-hydrogen) atoms. The molecule has 18 heteroatoms. The number of hydrogen-bond donors (Lipinski definition) is 6. The van der Waals surface area contributed by atoms with Crippen molar-refractivity contribution in [2.24, 2.45) is 33.9 Å². The number of hydrogen-bond acceptors (Lipinski definition) is 7. The maximum absolute atomic E-state index is 13.1. The van der Waals surface area contributed by atoms with Crippen molar-refractivity contribution in [2.75, 3.05) is 27.8 Å². The molecule has 0 spiro atoms. The van der Waals surface area contributed by atoms with Crippen LogP contribution in [0.15, 0.2) is 54.5 Å². The summed E-state index contributed by atoms with van der Waals surface area (Å²) in [5.74, 6) is -3.08. The van der Waals surface area contributed by atoms with Crippen LogP contribution in [0.4, 0.5) is 22.9 Å². The van der Waals surface area contributed by atoms with Gasteiger partial charge in [-0.25, -0.2) is 0 Å². The average molecular weight is 666 g/mol. The molecule has 0 aromatic carbocycles. The first-order valence-electron chi connectivity index (χ1n) is 13.8. The molecule has 4 aromatic rings. The second-order valence-corrected chi connectivity index (χ2v) is 10.9. The van der Waals surface area contributed by atoms with Gasteiger partial charge in [-0.05, 0) is 18.2 Å². The van der Waals surface area contributed by atoms with Gasteiger partial charge in [0.05, 0.1) is 22.1 Å². The SMILES string of the molecule is C=C(Cl)C(=O)Nc1cc(C(=O)Nc2cc(C(=O)Nc3cc(C(=O)Nc4cc(C(=O)NCCC(N)=O)n(C)c4)n(C)c3)n(C)c2)n(C)n1. The first-order chi connectivity index (χ1) is 22.1. The van der Waals surface area contributed by atoms with Gasteiger partial charge >= 0.3 is 0 Å². The first kappa shape index (κ1) is 33.8. The van der Waals surface area contributed by atoms with Crippen LogP contribution in [0.3, 0.4) is 0 Å². The van der Waals surface area contributed by atoms with E-state index in [-0.39, 0.29) is 46.6 Å². The van der Waals surface area contributed by atoms with Gasteiger partial charge in [-0.2, -0.15) is 5.10 Å². The maximum Gasteiger partial charge on any atom is 0.274 e. The van der Waals surface area contributed by atoms with Crippen molar-refractivity contribution in [2.45, 2.75) is 6.42 Å². The molecule has 0 radical (unpaired) electrons. The molecule has 0 atom stereocenters. The van der Waals surface area contributed by atoms with Crippen molar-refractivity contribution in [1.29, 1.82) is 0 Å². The minimum Gasteiger partial charge on any atom is -0.370 e. The number of aryl methyl sites for hydroxylation is 4. The molecule has 0 unspecified atom stereocenters. The fraction of sp³-hybridized carbons (Fsp3) is 0.207. The minimum absolute atomic E-state index is 0.00274. The monoisotopic (exact) mass is 665 g/mol. The van der Waals surface area contributed by atoms with Crippen molar-refractivity contribution < 1.29 is 28.8 Å². The summed E-state index contributed by atoms with van der Waals surface area (Å²) in [5.41, 5.74) is 6.92. The Morgan fingerprint density at radius 2 is 1.13 bits per heavy atom. The van der Waals surface area contributed by atoms with Crippen LogP contribution in [0, 0.1) is 0 Å². The van der Waals surface area contributed by atoms with E-state index < -0.39 is 35.4 Å². The zero-order chi connectivity index (χ0) is 34.6. The molecule has 246 valence electrons. The Balaban J connectivity index is 1.38. The first-order valence-corrected chi connectivity index (χ1v) is 14.2. The molecule has 0 aliphatic carbocycles. The maximum atomic E-state index is 13.1. The van der Waals surface area contributed by atoms with Gasteiger partial charge in [0.2, 0.25) is 5.91 Å². The average Bonchev–Trinajstić information content (AvgIpc) is 3.73. The molecule has 4 heterocycles. The van der Waals surface area contributed by atoms with Gasteiger partial charge in [0, 0.05) is 65.8 Å². The third kappa shape index (κ3) is 8.14. The van der Waals surface area contributed by atoms with Crippen molar-refractivity contribution in [3.05, 3.63) is 77.2 Å². The molecular formula is C29H32ClN11O6. The molecule has 0 saturated carbocycles. The lowest BCUT2D eigenvalue weighted by Gasteiger charge is -2.04. The number of rotatable bonds is 12. The van der Waals surface area contributed by atoms with Crippen molar-refractivity contribution in [3.63, 3.8) is 0 Å². The van der Waals surface area contributed by atoms with E-state index in [9.17, 15) is 28.8 Å². The van der Waals surface area contributed by atoms with E-state index in [1.807, 2.05) is 0 Å². The van der Waals surface area contributed by atoms with Crippen LogP contribution in [0.2, 0.25) is 0 Å². The molecule has 0 fully saturated rings. The molecule has 0 aliphatic rings. The summed E-state index contributed by atoms with van der Waals surface area (Å²) in [6, 6.07) is 5.79. The fourth-order valence-electron chi connectivity index (χ4n) is 4.48. The Morgan fingerprint density at radius 3 is 1.55 bits per heavy atom. The van der Waals surface area contributed by atoms with E-state index in [4.69, 9.17) is 17.3 Å². The topological polar surface area (TPSA) is 221 Å². The van der Waals surface area contributed by atoms with Crippen molar-refractivity contribution in [3.8, 4) is 0 Å². The Kier molecular flexibility index (Phi) is 9.99. The lowest BCUT2D eigenvalue weighted by Crippen LogP contribution is -2.29. The normalized spacial score (nSPS) is 10.7. The number of primary amides is 1. The van der Waals surface area contributed by atoms with Gasteiger partial charge in [-0.3, -0.25) is 33.4 Å². The highest BCUT2D eigenvalue weighted by Crippen LogP contribution is 2.20. The fourth-order valence-corrected chi connectivity index (χ4v) is 4.52. The zero-order valence-corrected chi connectivity index (χ0v) is 26.6. The molecule has 4 aromatic heterocycles. The Morgan fingerprint density at radius 1 is 0.702 bits per heavy atom. The van der Waals surface area contributed by atoms with Gasteiger partial charge in [-0.1, -0.05) is 18.2 Å². The molecule has 0 aliphatic heterocycles. The molecule has 7 N–H and O–H groups in total. The smallest absolute Gasteiger partial charge is 0.274 e. The Hall–Kier alpha value is -6.10. The number of anilines is 4. The van der Waals surface area contributed by atoms with Crippen LogP contribution >= 0.6 is 11.6 Å². The summed E-state index contributed by atoms with van der Waals surface area (Å²) in [4.78, 5) is 74.1. The number of amides is 6. The standard InChI is InChI=1S/C29H32ClN11O6/c1-15(30)25(43)36-24-11-22(41(5)37-24)29(47)35-18-10-21(40(4)14-18)28(46)34-17-9-20(39(3)13-17)27(45)33-16-8-19(38(2)12-16)26(44)32-7-6-23(31)42/h8-14H,1,6-7H2,2-5H3,(H2,31,42)(H,32,44)(H,33,45)(H,34,46)(H,35,47)(H,36,37,43). The van der Waals surface area contributed by atoms with E-state index in [0.29, 0.717) is 17.1 Å². The van der Waals surface area contributed by atoms with E-state index in [1.165, 1.54) is 49.7 Å². The quantitative estimate of drug-likeness (QED) is 0.122. The van der Waals surface area contributed by atoms with Gasteiger partial charge < -0.3 is 46.0 Å². The van der Waals surface area contributed by atoms with Crippen LogP contribution in [0.5, 0.6) is 0 Å². The number of nitrogens with two attached hydrogens (primary N) is 1. The van der Waals surface area contributed by atoms with Gasteiger partial charge in [0.15, 0.2) is 5.82 Å².